The van der Waals surface area contributed by atoms with Gasteiger partial charge in [-0.25, -0.2) is 9.97 Å². The lowest BCUT2D eigenvalue weighted by Crippen LogP contribution is -2.29. The Morgan fingerprint density at radius 2 is 1.82 bits per heavy atom. The van der Waals surface area contributed by atoms with Crippen LogP contribution < -0.4 is 10.6 Å². The van der Waals surface area contributed by atoms with Gasteiger partial charge in [0.25, 0.3) is 0 Å². The van der Waals surface area contributed by atoms with Crippen molar-refractivity contribution in [2.24, 2.45) is 5.73 Å². The van der Waals surface area contributed by atoms with E-state index in [9.17, 15) is 0 Å². The van der Waals surface area contributed by atoms with Crippen molar-refractivity contribution in [3.63, 3.8) is 0 Å². The zero-order valence-corrected chi connectivity index (χ0v) is 16.4. The van der Waals surface area contributed by atoms with Gasteiger partial charge in [-0.05, 0) is 29.8 Å². The van der Waals surface area contributed by atoms with Gasteiger partial charge in [0.05, 0.1) is 17.3 Å². The lowest BCUT2D eigenvalue weighted by Gasteiger charge is -2.18. The van der Waals surface area contributed by atoms with Crippen LogP contribution in [0.4, 0.5) is 5.82 Å². The van der Waals surface area contributed by atoms with Gasteiger partial charge in [-0.2, -0.15) is 5.26 Å². The SMILES string of the molecule is N#Cc1ccc(-c2cc(N3CC(N)C(c4ccc(Cl)cc4Cl)C3)ncn2)cc1. The van der Waals surface area contributed by atoms with E-state index in [0.717, 1.165) is 22.6 Å². The van der Waals surface area contributed by atoms with Crippen LogP contribution in [0.25, 0.3) is 11.3 Å². The number of hydrogen-bond donors (Lipinski definition) is 1. The summed E-state index contributed by atoms with van der Waals surface area (Å²) in [4.78, 5) is 10.9. The monoisotopic (exact) mass is 409 g/mol. The van der Waals surface area contributed by atoms with Gasteiger partial charge in [-0.3, -0.25) is 0 Å². The standard InChI is InChI=1S/C21H17Cl2N5/c22-15-5-6-16(18(23)7-15)17-10-28(11-19(17)25)21-8-20(26-12-27-21)14-3-1-13(9-24)2-4-14/h1-8,12,17,19H,10-11,25H2. The Morgan fingerprint density at radius 3 is 2.54 bits per heavy atom. The molecule has 1 saturated heterocycles. The molecule has 2 aromatic carbocycles. The van der Waals surface area contributed by atoms with Crippen molar-refractivity contribution in [2.45, 2.75) is 12.0 Å². The number of nitrogens with zero attached hydrogens (tertiary/aromatic N) is 4. The molecule has 2 unspecified atom stereocenters. The van der Waals surface area contributed by atoms with Crippen LogP contribution in [0, 0.1) is 11.3 Å². The van der Waals surface area contributed by atoms with Crippen LogP contribution in [0.15, 0.2) is 54.9 Å². The smallest absolute Gasteiger partial charge is 0.132 e. The maximum absolute atomic E-state index is 8.95. The lowest BCUT2D eigenvalue weighted by atomic mass is 9.95. The van der Waals surface area contributed by atoms with E-state index in [2.05, 4.69) is 20.9 Å². The predicted octanol–water partition coefficient (Wildman–Crippen LogP) is 4.25. The molecule has 1 aromatic heterocycles. The van der Waals surface area contributed by atoms with Gasteiger partial charge in [0, 0.05) is 46.7 Å². The highest BCUT2D eigenvalue weighted by molar-refractivity contribution is 6.35. The Hall–Kier alpha value is -2.65. The summed E-state index contributed by atoms with van der Waals surface area (Å²) in [6, 6.07) is 16.9. The summed E-state index contributed by atoms with van der Waals surface area (Å²) in [6.07, 6.45) is 1.55. The number of aromatic nitrogens is 2. The maximum atomic E-state index is 8.95. The highest BCUT2D eigenvalue weighted by atomic mass is 35.5. The van der Waals surface area contributed by atoms with E-state index in [1.54, 1.807) is 24.5 Å². The van der Waals surface area contributed by atoms with Crippen LogP contribution in [0.5, 0.6) is 0 Å². The molecule has 1 aliphatic heterocycles. The summed E-state index contributed by atoms with van der Waals surface area (Å²) in [6.45, 7) is 1.39. The molecule has 0 radical (unpaired) electrons. The molecule has 5 nitrogen and oxygen atoms in total. The summed E-state index contributed by atoms with van der Waals surface area (Å²) in [5, 5.41) is 10.2. The first kappa shape index (κ1) is 18.7. The van der Waals surface area contributed by atoms with Crippen molar-refractivity contribution >= 4 is 29.0 Å². The molecule has 140 valence electrons. The molecule has 0 amide bonds. The van der Waals surface area contributed by atoms with Crippen LogP contribution in [-0.2, 0) is 0 Å². The topological polar surface area (TPSA) is 78.8 Å². The second kappa shape index (κ2) is 7.76. The minimum Gasteiger partial charge on any atom is -0.354 e. The molecule has 0 bridgehead atoms. The van der Waals surface area contributed by atoms with E-state index in [0.29, 0.717) is 28.7 Å². The first-order valence-corrected chi connectivity index (χ1v) is 9.59. The molecule has 0 spiro atoms. The molecule has 4 rings (SSSR count). The summed E-state index contributed by atoms with van der Waals surface area (Å²) in [7, 11) is 0. The minimum absolute atomic E-state index is 0.0630. The van der Waals surface area contributed by atoms with E-state index < -0.39 is 0 Å². The van der Waals surface area contributed by atoms with Crippen LogP contribution in [0.2, 0.25) is 10.0 Å². The van der Waals surface area contributed by atoms with E-state index in [4.69, 9.17) is 34.2 Å². The molecule has 1 aliphatic rings. The quantitative estimate of drug-likeness (QED) is 0.698. The fraction of sp³-hybridized carbons (Fsp3) is 0.190. The number of nitriles is 1. The van der Waals surface area contributed by atoms with Crippen molar-refractivity contribution in [3.05, 3.63) is 76.0 Å². The molecule has 0 saturated carbocycles. The molecule has 0 aliphatic carbocycles. The van der Waals surface area contributed by atoms with Crippen LogP contribution in [-0.4, -0.2) is 29.1 Å². The molecule has 28 heavy (non-hydrogen) atoms. The third kappa shape index (κ3) is 3.67. The summed E-state index contributed by atoms with van der Waals surface area (Å²) in [5.41, 5.74) is 9.77. The van der Waals surface area contributed by atoms with Crippen molar-refractivity contribution in [1.82, 2.24) is 9.97 Å². The molecule has 3 aromatic rings. The Labute approximate surface area is 173 Å². The number of benzene rings is 2. The zero-order chi connectivity index (χ0) is 19.7. The molecule has 2 N–H and O–H groups in total. The van der Waals surface area contributed by atoms with Gasteiger partial charge >= 0.3 is 0 Å². The fourth-order valence-corrected chi connectivity index (χ4v) is 4.09. The third-order valence-corrected chi connectivity index (χ3v) is 5.58. The lowest BCUT2D eigenvalue weighted by molar-refractivity contribution is 0.653. The first-order valence-electron chi connectivity index (χ1n) is 8.83. The Kier molecular flexibility index (Phi) is 5.19. The van der Waals surface area contributed by atoms with Crippen molar-refractivity contribution in [2.75, 3.05) is 18.0 Å². The average molecular weight is 410 g/mol. The second-order valence-corrected chi connectivity index (χ2v) is 7.64. The van der Waals surface area contributed by atoms with Crippen LogP contribution >= 0.6 is 23.2 Å². The van der Waals surface area contributed by atoms with Gasteiger partial charge < -0.3 is 10.6 Å². The Bertz CT molecular complexity index is 1050. The maximum Gasteiger partial charge on any atom is 0.132 e. The van der Waals surface area contributed by atoms with Gasteiger partial charge in [-0.1, -0.05) is 41.4 Å². The largest absolute Gasteiger partial charge is 0.354 e. The van der Waals surface area contributed by atoms with E-state index in [-0.39, 0.29) is 12.0 Å². The zero-order valence-electron chi connectivity index (χ0n) is 14.9. The normalized spacial score (nSPS) is 18.9. The van der Waals surface area contributed by atoms with Crippen molar-refractivity contribution in [1.29, 1.82) is 5.26 Å². The van der Waals surface area contributed by atoms with Gasteiger partial charge in [0.2, 0.25) is 0 Å². The first-order chi connectivity index (χ1) is 13.5. The third-order valence-electron chi connectivity index (χ3n) is 5.01. The van der Waals surface area contributed by atoms with Gasteiger partial charge in [0.1, 0.15) is 12.1 Å². The van der Waals surface area contributed by atoms with Crippen molar-refractivity contribution in [3.8, 4) is 17.3 Å². The van der Waals surface area contributed by atoms with E-state index in [1.807, 2.05) is 30.3 Å². The highest BCUT2D eigenvalue weighted by Crippen LogP contribution is 2.35. The molecule has 1 fully saturated rings. The van der Waals surface area contributed by atoms with Gasteiger partial charge in [0.15, 0.2) is 0 Å². The fourth-order valence-electron chi connectivity index (χ4n) is 3.54. The van der Waals surface area contributed by atoms with E-state index >= 15 is 0 Å². The van der Waals surface area contributed by atoms with Crippen molar-refractivity contribution < 1.29 is 0 Å². The number of anilines is 1. The molecular weight excluding hydrogens is 393 g/mol. The predicted molar refractivity (Wildman–Crippen MR) is 112 cm³/mol. The summed E-state index contributed by atoms with van der Waals surface area (Å²) >= 11 is 12.4. The Balaban J connectivity index is 1.59. The second-order valence-electron chi connectivity index (χ2n) is 6.79. The van der Waals surface area contributed by atoms with Crippen LogP contribution in [0.3, 0.4) is 0 Å². The highest BCUT2D eigenvalue weighted by Gasteiger charge is 2.33. The number of hydrogen-bond acceptors (Lipinski definition) is 5. The van der Waals surface area contributed by atoms with Crippen LogP contribution in [0.1, 0.15) is 17.0 Å². The van der Waals surface area contributed by atoms with Gasteiger partial charge in [-0.15, -0.1) is 0 Å². The molecular formula is C21H17Cl2N5. The van der Waals surface area contributed by atoms with E-state index in [1.165, 1.54) is 0 Å². The molecule has 2 atom stereocenters. The Morgan fingerprint density at radius 1 is 1.04 bits per heavy atom. The number of halogens is 2. The minimum atomic E-state index is -0.0630. The number of rotatable bonds is 3. The molecule has 7 heteroatoms. The summed E-state index contributed by atoms with van der Waals surface area (Å²) in [5.74, 6) is 0.912. The molecule has 2 heterocycles. The summed E-state index contributed by atoms with van der Waals surface area (Å²) < 4.78 is 0. The average Bonchev–Trinajstić information content (AvgIpc) is 3.10. The number of nitrogens with two attached hydrogens (primary N) is 1.